The van der Waals surface area contributed by atoms with Crippen LogP contribution in [0.2, 0.25) is 0 Å². The van der Waals surface area contributed by atoms with E-state index < -0.39 is 30.1 Å². The molecular weight excluding hydrogens is 444 g/mol. The van der Waals surface area contributed by atoms with Gasteiger partial charge < -0.3 is 33.2 Å². The van der Waals surface area contributed by atoms with Crippen molar-refractivity contribution in [1.29, 1.82) is 0 Å². The van der Waals surface area contributed by atoms with Gasteiger partial charge in [0.05, 0.1) is 6.10 Å². The van der Waals surface area contributed by atoms with Crippen LogP contribution in [0.3, 0.4) is 0 Å². The topological polar surface area (TPSA) is 98.8 Å². The normalized spacial score (nSPS) is 24.7. The fourth-order valence-electron chi connectivity index (χ4n) is 3.78. The highest BCUT2D eigenvalue weighted by atomic mass is 16.8. The lowest BCUT2D eigenvalue weighted by Gasteiger charge is -2.18. The minimum absolute atomic E-state index is 0.0185. The molecule has 1 saturated heterocycles. The Morgan fingerprint density at radius 3 is 2.50 bits per heavy atom. The molecule has 3 rings (SSSR count). The van der Waals surface area contributed by atoms with Crippen molar-refractivity contribution < 1.29 is 42.7 Å². The van der Waals surface area contributed by atoms with Crippen LogP contribution in [0.25, 0.3) is 6.08 Å². The second-order valence-corrected chi connectivity index (χ2v) is 8.43. The van der Waals surface area contributed by atoms with Crippen molar-refractivity contribution in [2.75, 3.05) is 27.8 Å². The minimum Gasteiger partial charge on any atom is -0.467 e. The first-order valence-corrected chi connectivity index (χ1v) is 11.1. The summed E-state index contributed by atoms with van der Waals surface area (Å²) in [5.74, 6) is -0.861. The van der Waals surface area contributed by atoms with Crippen LogP contribution in [-0.4, -0.2) is 63.7 Å². The first-order valence-electron chi connectivity index (χ1n) is 11.1. The van der Waals surface area contributed by atoms with Gasteiger partial charge in [0.25, 0.3) is 0 Å². The van der Waals surface area contributed by atoms with E-state index in [0.717, 1.165) is 0 Å². The first kappa shape index (κ1) is 25.9. The third-order valence-electron chi connectivity index (χ3n) is 5.17. The monoisotopic (exact) mass is 476 g/mol. The average molecular weight is 477 g/mol. The molecule has 0 amide bonds. The van der Waals surface area contributed by atoms with E-state index in [9.17, 15) is 9.59 Å². The number of methoxy groups -OCH3 is 2. The molecule has 0 aromatic heterocycles. The van der Waals surface area contributed by atoms with Crippen LogP contribution in [0.5, 0.6) is 11.5 Å². The molecule has 2 aliphatic heterocycles. The standard InChI is InChI=1S/C25H32O9/c1-16-8-6-10-19(26)23-20(33-25(2,3)34-23)11-7-9-17-12-18(30-14-28-4)13-21(31-15-29-5)22(17)24(27)32-16/h6-9,12-13,16,20,23H,10-11,14-15H2,1-5H3/t16-,20+,23-/m0/s1. The molecule has 1 aromatic carbocycles. The van der Waals surface area contributed by atoms with E-state index in [4.69, 9.17) is 33.2 Å². The quantitative estimate of drug-likeness (QED) is 0.346. The van der Waals surface area contributed by atoms with Crippen molar-refractivity contribution in [2.24, 2.45) is 0 Å². The summed E-state index contributed by atoms with van der Waals surface area (Å²) >= 11 is 0. The number of ketones is 1. The Hall–Kier alpha value is -2.72. The molecule has 0 saturated carbocycles. The maximum Gasteiger partial charge on any atom is 0.343 e. The summed E-state index contributed by atoms with van der Waals surface area (Å²) in [4.78, 5) is 25.9. The molecule has 1 fully saturated rings. The molecule has 9 heteroatoms. The number of cyclic esters (lactones) is 1. The number of fused-ring (bicyclic) bond motifs is 2. The lowest BCUT2D eigenvalue weighted by molar-refractivity contribution is -0.154. The Kier molecular flexibility index (Phi) is 8.84. The van der Waals surface area contributed by atoms with Gasteiger partial charge in [-0.15, -0.1) is 0 Å². The van der Waals surface area contributed by atoms with Crippen molar-refractivity contribution in [3.8, 4) is 11.5 Å². The van der Waals surface area contributed by atoms with Gasteiger partial charge in [-0.1, -0.05) is 18.2 Å². The van der Waals surface area contributed by atoms with Crippen LogP contribution in [-0.2, 0) is 28.5 Å². The van der Waals surface area contributed by atoms with Crippen molar-refractivity contribution in [1.82, 2.24) is 0 Å². The maximum absolute atomic E-state index is 13.1. The smallest absolute Gasteiger partial charge is 0.343 e. The highest BCUT2D eigenvalue weighted by molar-refractivity contribution is 5.97. The molecule has 9 nitrogen and oxygen atoms in total. The fourth-order valence-corrected chi connectivity index (χ4v) is 3.78. The predicted octanol–water partition coefficient (Wildman–Crippen LogP) is 3.65. The Labute approximate surface area is 199 Å². The molecule has 0 bridgehead atoms. The predicted molar refractivity (Wildman–Crippen MR) is 123 cm³/mol. The number of benzene rings is 1. The molecule has 186 valence electrons. The van der Waals surface area contributed by atoms with E-state index in [1.54, 1.807) is 51.1 Å². The number of hydrogen-bond acceptors (Lipinski definition) is 9. The highest BCUT2D eigenvalue weighted by Gasteiger charge is 2.43. The second-order valence-electron chi connectivity index (χ2n) is 8.43. The number of hydrogen-bond donors (Lipinski definition) is 0. The number of rotatable bonds is 6. The molecule has 0 unspecified atom stereocenters. The maximum atomic E-state index is 13.1. The largest absolute Gasteiger partial charge is 0.467 e. The lowest BCUT2D eigenvalue weighted by Crippen LogP contribution is -2.31. The van der Waals surface area contributed by atoms with Gasteiger partial charge in [0.2, 0.25) is 0 Å². The number of carbonyl (C=O) groups is 2. The van der Waals surface area contributed by atoms with Gasteiger partial charge in [-0.05, 0) is 44.9 Å². The summed E-state index contributed by atoms with van der Waals surface area (Å²) in [5.41, 5.74) is 0.742. The summed E-state index contributed by atoms with van der Waals surface area (Å²) in [7, 11) is 3.00. The van der Waals surface area contributed by atoms with E-state index >= 15 is 0 Å². The first-order chi connectivity index (χ1) is 16.2. The van der Waals surface area contributed by atoms with E-state index in [1.807, 2.05) is 6.08 Å². The number of ether oxygens (including phenoxy) is 7. The van der Waals surface area contributed by atoms with Gasteiger partial charge in [-0.2, -0.15) is 0 Å². The molecule has 0 aliphatic carbocycles. The number of Topliss-reactive ketones (excluding diaryl/α,β-unsaturated/α-hetero) is 1. The SMILES string of the molecule is COCOc1cc2c(c(OCOC)c1)C(=O)O[C@@H](C)C=CCC(=O)[C@@H]1OC(C)(C)O[C@@H]1CC=C2. The second kappa shape index (κ2) is 11.6. The van der Waals surface area contributed by atoms with Gasteiger partial charge in [-0.3, -0.25) is 4.79 Å². The van der Waals surface area contributed by atoms with E-state index in [-0.39, 0.29) is 37.1 Å². The van der Waals surface area contributed by atoms with Gasteiger partial charge in [0, 0.05) is 26.7 Å². The zero-order chi connectivity index (χ0) is 24.7. The highest BCUT2D eigenvalue weighted by Crippen LogP contribution is 2.34. The third kappa shape index (κ3) is 6.66. The molecule has 1 aromatic rings. The summed E-state index contributed by atoms with van der Waals surface area (Å²) in [6.45, 7) is 5.23. The molecule has 0 spiro atoms. The van der Waals surface area contributed by atoms with Gasteiger partial charge in [0.15, 0.2) is 25.2 Å². The van der Waals surface area contributed by atoms with Gasteiger partial charge in [0.1, 0.15) is 29.3 Å². The summed E-state index contributed by atoms with van der Waals surface area (Å²) in [6.07, 6.45) is 5.73. The molecule has 34 heavy (non-hydrogen) atoms. The van der Waals surface area contributed by atoms with Gasteiger partial charge >= 0.3 is 5.97 Å². The van der Waals surface area contributed by atoms with E-state index in [0.29, 0.717) is 17.7 Å². The summed E-state index contributed by atoms with van der Waals surface area (Å²) in [5, 5.41) is 0. The van der Waals surface area contributed by atoms with Crippen LogP contribution in [0, 0.1) is 0 Å². The number of carbonyl (C=O) groups excluding carboxylic acids is 2. The van der Waals surface area contributed by atoms with E-state index in [2.05, 4.69) is 0 Å². The van der Waals surface area contributed by atoms with Crippen molar-refractivity contribution in [2.45, 2.75) is 57.7 Å². The Morgan fingerprint density at radius 2 is 1.76 bits per heavy atom. The van der Waals surface area contributed by atoms with Crippen molar-refractivity contribution >= 4 is 17.8 Å². The molecule has 0 radical (unpaired) electrons. The van der Waals surface area contributed by atoms with Crippen LogP contribution in [0.4, 0.5) is 0 Å². The Balaban J connectivity index is 2.04. The van der Waals surface area contributed by atoms with E-state index in [1.165, 1.54) is 14.2 Å². The zero-order valence-corrected chi connectivity index (χ0v) is 20.2. The zero-order valence-electron chi connectivity index (χ0n) is 20.2. The molecule has 0 N–H and O–H groups in total. The number of allylic oxidation sites excluding steroid dienone is 1. The third-order valence-corrected chi connectivity index (χ3v) is 5.17. The number of esters is 1. The molecular formula is C25H32O9. The fraction of sp³-hybridized carbons (Fsp3) is 0.520. The molecule has 3 atom stereocenters. The van der Waals surface area contributed by atoms with Gasteiger partial charge in [-0.25, -0.2) is 4.79 Å². The van der Waals surface area contributed by atoms with Crippen molar-refractivity contribution in [3.05, 3.63) is 41.5 Å². The summed E-state index contributed by atoms with van der Waals surface area (Å²) < 4.78 is 38.7. The minimum atomic E-state index is -0.872. The lowest BCUT2D eigenvalue weighted by atomic mass is 10.0. The Morgan fingerprint density at radius 1 is 1.03 bits per heavy atom. The molecule has 2 aliphatic rings. The summed E-state index contributed by atoms with van der Waals surface area (Å²) in [6, 6.07) is 3.28. The van der Waals surface area contributed by atoms with Crippen LogP contribution in [0.1, 0.15) is 49.5 Å². The van der Waals surface area contributed by atoms with Crippen LogP contribution >= 0.6 is 0 Å². The molecule has 2 heterocycles. The van der Waals surface area contributed by atoms with Crippen LogP contribution < -0.4 is 9.47 Å². The van der Waals surface area contributed by atoms with Crippen molar-refractivity contribution in [3.63, 3.8) is 0 Å². The average Bonchev–Trinajstić information content (AvgIpc) is 3.09. The Bertz CT molecular complexity index is 935. The van der Waals surface area contributed by atoms with Crippen LogP contribution in [0.15, 0.2) is 30.4 Å².